The fourth-order valence-electron chi connectivity index (χ4n) is 12.0. The molecule has 2 aliphatic carbocycles. The Kier molecular flexibility index (Phi) is 15.2. The van der Waals surface area contributed by atoms with Gasteiger partial charge in [-0.3, -0.25) is 19.0 Å². The fraction of sp³-hybridized carbons (Fsp3) is 0.545. The number of aryl methyl sites for hydroxylation is 1. The van der Waals surface area contributed by atoms with Crippen molar-refractivity contribution in [3.63, 3.8) is 0 Å². The van der Waals surface area contributed by atoms with Crippen molar-refractivity contribution in [2.24, 2.45) is 22.9 Å². The van der Waals surface area contributed by atoms with E-state index >= 15 is 0 Å². The van der Waals surface area contributed by atoms with Crippen molar-refractivity contribution in [1.82, 2.24) is 44.6 Å². The van der Waals surface area contributed by atoms with E-state index in [4.69, 9.17) is 21.5 Å². The minimum absolute atomic E-state index is 0.128. The van der Waals surface area contributed by atoms with Crippen molar-refractivity contribution < 1.29 is 9.59 Å². The maximum Gasteiger partial charge on any atom is 0.281 e. The number of rotatable bonds is 9. The molecule has 14 nitrogen and oxygen atoms in total. The number of allylic oxidation sites excluding steroid dienone is 1. The highest BCUT2D eigenvalue weighted by atomic mass is 79.9. The molecular formula is C55H72BrN11O3S. The predicted molar refractivity (Wildman–Crippen MR) is 286 cm³/mol. The summed E-state index contributed by atoms with van der Waals surface area (Å²) in [5, 5.41) is 5.28. The number of nitrogens with two attached hydrogens (primary N) is 2. The molecule has 0 bridgehead atoms. The third kappa shape index (κ3) is 10.3. The number of thiazole rings is 1. The molecule has 2 amide bonds. The van der Waals surface area contributed by atoms with Crippen LogP contribution < -0.4 is 22.5 Å². The smallest absolute Gasteiger partial charge is 0.281 e. The zero-order chi connectivity index (χ0) is 50.2. The number of nitrogens with zero attached hydrogens (tertiary/aromatic N) is 8. The summed E-state index contributed by atoms with van der Waals surface area (Å²) in [4.78, 5) is 64.9. The van der Waals surface area contributed by atoms with Crippen LogP contribution in [-0.2, 0) is 15.0 Å². The Bertz CT molecular complexity index is 2820. The van der Waals surface area contributed by atoms with Gasteiger partial charge in [-0.1, -0.05) is 89.6 Å². The van der Waals surface area contributed by atoms with Gasteiger partial charge < -0.3 is 25.9 Å². The van der Waals surface area contributed by atoms with Crippen LogP contribution in [0.5, 0.6) is 0 Å². The number of halogens is 1. The van der Waals surface area contributed by atoms with Crippen LogP contribution in [0.2, 0.25) is 0 Å². The molecule has 16 heteroatoms. The molecule has 5 aromatic rings. The summed E-state index contributed by atoms with van der Waals surface area (Å²) in [6.07, 6.45) is 18.6. The summed E-state index contributed by atoms with van der Waals surface area (Å²) in [5.74, 6) is 9.72. The second-order valence-corrected chi connectivity index (χ2v) is 23.6. The number of piperidine rings is 1. The summed E-state index contributed by atoms with van der Waals surface area (Å²) in [6.45, 7) is 12.7. The van der Waals surface area contributed by atoms with Crippen molar-refractivity contribution in [2.75, 3.05) is 26.7 Å². The number of carbonyl (C=O) groups is 2. The van der Waals surface area contributed by atoms with Crippen molar-refractivity contribution >= 4 is 50.0 Å². The normalized spacial score (nSPS) is 20.5. The monoisotopic (exact) mass is 1050 g/mol. The SMILES string of the molecule is CN1CCC(c2ncc3c(n2)-n2c(nc(=O)c4c(Br)cccc42)C32CCCCC2)CC1.Cc1ncsc1-c1ccc(C(C)NC(=O)C2CCCN2C(=O)C(N(N)/C=C(\N)C2CCCCC2)C(C)(C)C)cc1. The first-order valence-electron chi connectivity index (χ1n) is 26.0. The summed E-state index contributed by atoms with van der Waals surface area (Å²) in [5.41, 5.74) is 13.4. The standard InChI is InChI=1S/C31H46N6O2S.C24H26BrN5O/c1-20(22-13-15-24(16-14-22)27-21(2)34-19-40-27)35-29(38)26-12-9-17-36(26)30(39)28(31(3,4)5)37(33)18-25(32)23-10-7-6-8-11-23;1-29-12-8-15(9-13-29)20-26-14-16-21(27-20)30-18-7-5-6-17(25)19(18)22(31)28-23(30)24(16)10-3-2-4-11-24/h13-16,18-20,23,26,28H,6-12,17,32-33H2,1-5H3,(H,35,38);5-7,14-15H,2-4,8-13H2,1H3/b25-18-;. The highest BCUT2D eigenvalue weighted by Gasteiger charge is 2.48. The van der Waals surface area contributed by atoms with Gasteiger partial charge >= 0.3 is 0 Å². The van der Waals surface area contributed by atoms with Gasteiger partial charge in [0.15, 0.2) is 0 Å². The predicted octanol–water partition coefficient (Wildman–Crippen LogP) is 9.57. The van der Waals surface area contributed by atoms with Crippen molar-refractivity contribution in [2.45, 2.75) is 154 Å². The van der Waals surface area contributed by atoms with Crippen LogP contribution in [0.4, 0.5) is 0 Å². The van der Waals surface area contributed by atoms with E-state index in [0.717, 1.165) is 131 Å². The van der Waals surface area contributed by atoms with Gasteiger partial charge in [0, 0.05) is 40.6 Å². The summed E-state index contributed by atoms with van der Waals surface area (Å²) in [7, 11) is 2.18. The molecule has 2 aromatic carbocycles. The minimum atomic E-state index is -0.636. The van der Waals surface area contributed by atoms with E-state index in [9.17, 15) is 14.4 Å². The third-order valence-corrected chi connectivity index (χ3v) is 17.6. The maximum absolute atomic E-state index is 14.0. The highest BCUT2D eigenvalue weighted by molar-refractivity contribution is 9.10. The van der Waals surface area contributed by atoms with Gasteiger partial charge in [-0.15, -0.1) is 11.3 Å². The molecule has 71 heavy (non-hydrogen) atoms. The zero-order valence-electron chi connectivity index (χ0n) is 42.4. The van der Waals surface area contributed by atoms with Gasteiger partial charge in [0.2, 0.25) is 11.8 Å². The lowest BCUT2D eigenvalue weighted by Crippen LogP contribution is -2.58. The van der Waals surface area contributed by atoms with Gasteiger partial charge in [0.25, 0.3) is 5.56 Å². The summed E-state index contributed by atoms with van der Waals surface area (Å²) < 4.78 is 2.95. The van der Waals surface area contributed by atoms with E-state index in [1.807, 2.05) is 70.5 Å². The van der Waals surface area contributed by atoms with Crippen molar-refractivity contribution in [3.05, 3.63) is 109 Å². The number of hydrogen-bond donors (Lipinski definition) is 3. The number of carbonyl (C=O) groups excluding carboxylic acids is 2. The molecule has 6 heterocycles. The largest absolute Gasteiger partial charge is 0.401 e. The number of nitrogens with one attached hydrogen (secondary N) is 1. The molecule has 3 aromatic heterocycles. The van der Waals surface area contributed by atoms with E-state index < -0.39 is 17.5 Å². The highest BCUT2D eigenvalue weighted by Crippen LogP contribution is 2.51. The van der Waals surface area contributed by atoms with E-state index in [2.05, 4.69) is 66.1 Å². The van der Waals surface area contributed by atoms with Crippen molar-refractivity contribution in [3.8, 4) is 16.3 Å². The summed E-state index contributed by atoms with van der Waals surface area (Å²) >= 11 is 5.20. The second kappa shape index (κ2) is 21.2. The number of likely N-dealkylation sites (tertiary alicyclic amines) is 2. The lowest BCUT2D eigenvalue weighted by molar-refractivity contribution is -0.145. The fourth-order valence-corrected chi connectivity index (χ4v) is 13.3. The van der Waals surface area contributed by atoms with Crippen LogP contribution in [0, 0.1) is 18.3 Å². The van der Waals surface area contributed by atoms with Crippen LogP contribution in [0.3, 0.4) is 0 Å². The molecule has 3 atom stereocenters. The van der Waals surface area contributed by atoms with Crippen molar-refractivity contribution in [1.29, 1.82) is 0 Å². The Morgan fingerprint density at radius 2 is 1.63 bits per heavy atom. The Hall–Kier alpha value is -5.03. The van der Waals surface area contributed by atoms with Gasteiger partial charge in [-0.05, 0) is 136 Å². The van der Waals surface area contributed by atoms with Gasteiger partial charge in [-0.2, -0.15) is 4.98 Å². The van der Waals surface area contributed by atoms with Gasteiger partial charge in [-0.25, -0.2) is 20.8 Å². The average molecular weight is 1050 g/mol. The number of aromatic nitrogens is 5. The van der Waals surface area contributed by atoms with E-state index in [0.29, 0.717) is 30.2 Å². The Morgan fingerprint density at radius 3 is 2.31 bits per heavy atom. The molecule has 10 rings (SSSR count). The molecular weight excluding hydrogens is 975 g/mol. The van der Waals surface area contributed by atoms with E-state index in [1.54, 1.807) is 22.4 Å². The molecule has 5 aliphatic rings. The Labute approximate surface area is 431 Å². The Morgan fingerprint density at radius 1 is 0.930 bits per heavy atom. The van der Waals surface area contributed by atoms with Gasteiger partial charge in [0.1, 0.15) is 29.6 Å². The molecule has 0 radical (unpaired) electrons. The third-order valence-electron chi connectivity index (χ3n) is 15.9. The minimum Gasteiger partial charge on any atom is -0.401 e. The molecule has 2 saturated carbocycles. The Balaban J connectivity index is 0.000000181. The molecule has 1 spiro atoms. The molecule has 3 aliphatic heterocycles. The second-order valence-electron chi connectivity index (χ2n) is 21.9. The average Bonchev–Trinajstić information content (AvgIpc) is 4.09. The molecule has 4 fully saturated rings. The van der Waals surface area contributed by atoms with Crippen LogP contribution in [-0.4, -0.2) is 89.9 Å². The van der Waals surface area contributed by atoms with Crippen LogP contribution >= 0.6 is 27.3 Å². The van der Waals surface area contributed by atoms with Crippen LogP contribution in [0.25, 0.3) is 27.2 Å². The quantitative estimate of drug-likeness (QED) is 0.0945. The number of benzene rings is 2. The van der Waals surface area contributed by atoms with Gasteiger partial charge in [0.05, 0.1) is 38.4 Å². The molecule has 5 N–H and O–H groups in total. The number of fused-ring (bicyclic) bond motifs is 7. The molecule has 378 valence electrons. The molecule has 3 unspecified atom stereocenters. The lowest BCUT2D eigenvalue weighted by atomic mass is 9.70. The van der Waals surface area contributed by atoms with Crippen LogP contribution in [0.1, 0.15) is 158 Å². The molecule has 2 saturated heterocycles. The number of hydrogen-bond acceptors (Lipinski definition) is 12. The summed E-state index contributed by atoms with van der Waals surface area (Å²) in [6, 6.07) is 12.8. The zero-order valence-corrected chi connectivity index (χ0v) is 44.8. The lowest BCUT2D eigenvalue weighted by Gasteiger charge is -2.39. The topological polar surface area (TPSA) is 181 Å². The van der Waals surface area contributed by atoms with Crippen LogP contribution in [0.15, 0.2) is 75.3 Å². The first kappa shape index (κ1) is 50.9. The first-order valence-corrected chi connectivity index (χ1v) is 27.6. The maximum atomic E-state index is 14.0. The number of hydrazine groups is 1. The van der Waals surface area contributed by atoms with E-state index in [-0.39, 0.29) is 28.8 Å². The first-order chi connectivity index (χ1) is 34.1. The van der Waals surface area contributed by atoms with E-state index in [1.165, 1.54) is 30.7 Å². The number of amides is 2.